The summed E-state index contributed by atoms with van der Waals surface area (Å²) in [6.45, 7) is 21.0. The second-order valence-corrected chi connectivity index (χ2v) is 18.4. The maximum atomic E-state index is 9.31. The fraction of sp³-hybridized carbons (Fsp3) is 0.255. The van der Waals surface area contributed by atoms with Gasteiger partial charge in [0.2, 0.25) is 5.89 Å². The summed E-state index contributed by atoms with van der Waals surface area (Å²) in [5, 5.41) is 9.31. The molecule has 0 fully saturated rings. The van der Waals surface area contributed by atoms with Crippen LogP contribution in [-0.4, -0.2) is 4.98 Å². The Balaban J connectivity index is 1.05. The number of fused-ring (bicyclic) bond motifs is 10. The van der Waals surface area contributed by atoms with Crippen molar-refractivity contribution < 1.29 is 4.42 Å². The Morgan fingerprint density at radius 1 is 0.500 bits per heavy atom. The van der Waals surface area contributed by atoms with E-state index in [9.17, 15) is 5.26 Å². The molecule has 0 amide bonds. The summed E-state index contributed by atoms with van der Waals surface area (Å²) in [6.07, 6.45) is 0. The van der Waals surface area contributed by atoms with Crippen LogP contribution in [0.2, 0.25) is 0 Å². The highest BCUT2D eigenvalue weighted by atomic mass is 16.3. The Morgan fingerprint density at radius 3 is 1.44 bits per heavy atom. The van der Waals surface area contributed by atoms with E-state index in [4.69, 9.17) is 9.40 Å². The summed E-state index contributed by atoms with van der Waals surface area (Å²) >= 11 is 0. The zero-order valence-corrected chi connectivity index (χ0v) is 32.6. The number of aromatic nitrogens is 1. The number of nitrogens with zero attached hydrogens (tertiary/aromatic N) is 2. The van der Waals surface area contributed by atoms with Gasteiger partial charge in [0.1, 0.15) is 5.52 Å². The first kappa shape index (κ1) is 32.9. The zero-order chi connectivity index (χ0) is 37.7. The minimum atomic E-state index is -0.192. The van der Waals surface area contributed by atoms with Crippen molar-refractivity contribution in [2.24, 2.45) is 0 Å². The van der Waals surface area contributed by atoms with Gasteiger partial charge in [0.25, 0.3) is 0 Å². The van der Waals surface area contributed by atoms with Crippen LogP contribution < -0.4 is 0 Å². The summed E-state index contributed by atoms with van der Waals surface area (Å²) in [4.78, 5) is 4.98. The Hall–Kier alpha value is -5.72. The van der Waals surface area contributed by atoms with Gasteiger partial charge in [-0.3, -0.25) is 0 Å². The van der Waals surface area contributed by atoms with Crippen molar-refractivity contribution in [2.45, 2.75) is 84.0 Å². The molecule has 0 saturated heterocycles. The van der Waals surface area contributed by atoms with Crippen LogP contribution in [0.1, 0.15) is 107 Å². The van der Waals surface area contributed by atoms with Crippen molar-refractivity contribution in [1.82, 2.24) is 4.98 Å². The van der Waals surface area contributed by atoms with Gasteiger partial charge in [0.05, 0.1) is 11.6 Å². The van der Waals surface area contributed by atoms with Crippen LogP contribution in [0.25, 0.3) is 67.1 Å². The topological polar surface area (TPSA) is 49.8 Å². The van der Waals surface area contributed by atoms with Gasteiger partial charge in [0.15, 0.2) is 5.58 Å². The highest BCUT2D eigenvalue weighted by Crippen LogP contribution is 2.59. The Labute approximate surface area is 318 Å². The molecule has 3 heteroatoms. The predicted molar refractivity (Wildman–Crippen MR) is 221 cm³/mol. The minimum absolute atomic E-state index is 0.0470. The van der Waals surface area contributed by atoms with E-state index in [0.29, 0.717) is 11.5 Å². The third kappa shape index (κ3) is 4.37. The van der Waals surface area contributed by atoms with Crippen molar-refractivity contribution in [3.63, 3.8) is 0 Å². The maximum absolute atomic E-state index is 9.31. The van der Waals surface area contributed by atoms with Gasteiger partial charge in [-0.15, -0.1) is 0 Å². The van der Waals surface area contributed by atoms with Crippen LogP contribution in [0.5, 0.6) is 0 Å². The third-order valence-electron chi connectivity index (χ3n) is 13.1. The lowest BCUT2D eigenvalue weighted by Crippen LogP contribution is -2.17. The quantitative estimate of drug-likeness (QED) is 0.180. The predicted octanol–water partition coefficient (Wildman–Crippen LogP) is 13.2. The molecule has 0 atom stereocenters. The van der Waals surface area contributed by atoms with E-state index in [-0.39, 0.29) is 21.7 Å². The van der Waals surface area contributed by atoms with Crippen molar-refractivity contribution in [3.05, 3.63) is 148 Å². The average Bonchev–Trinajstić information content (AvgIpc) is 3.81. The van der Waals surface area contributed by atoms with E-state index >= 15 is 0 Å². The smallest absolute Gasteiger partial charge is 0.227 e. The second-order valence-electron chi connectivity index (χ2n) is 18.4. The van der Waals surface area contributed by atoms with Gasteiger partial charge < -0.3 is 4.42 Å². The molecule has 0 radical (unpaired) electrons. The summed E-state index contributed by atoms with van der Waals surface area (Å²) in [6, 6.07) is 40.3. The van der Waals surface area contributed by atoms with E-state index in [2.05, 4.69) is 159 Å². The molecular formula is C51H44N2O. The highest BCUT2D eigenvalue weighted by molar-refractivity contribution is 5.94. The third-order valence-corrected chi connectivity index (χ3v) is 13.1. The van der Waals surface area contributed by atoms with Gasteiger partial charge in [-0.2, -0.15) is 5.26 Å². The van der Waals surface area contributed by atoms with Gasteiger partial charge >= 0.3 is 0 Å². The first-order valence-corrected chi connectivity index (χ1v) is 19.2. The normalized spacial score (nSPS) is 16.3. The highest BCUT2D eigenvalue weighted by Gasteiger charge is 2.44. The van der Waals surface area contributed by atoms with E-state index < -0.39 is 0 Å². The number of hydrogen-bond donors (Lipinski definition) is 0. The van der Waals surface area contributed by atoms with Gasteiger partial charge in [-0.1, -0.05) is 98.7 Å². The number of rotatable bonds is 2. The monoisotopic (exact) mass is 700 g/mol. The molecule has 1 aromatic heterocycles. The Morgan fingerprint density at radius 2 is 0.944 bits per heavy atom. The van der Waals surface area contributed by atoms with Crippen molar-refractivity contribution in [1.29, 1.82) is 5.26 Å². The standard InChI is InChI=1S/C51H44N2O/c1-48(2,3)32-16-19-46-45(22-32)53-47(54-46)31-15-18-34-36-24-44-38(26-42(36)50(6,7)40(34)21-31)37-25-41-35(23-43(37)51(44,8)9)33-17-14-30(20-39(33)49(41,4)5)29-12-10-28(27-52)11-13-29/h10-26H,1-9H3. The SMILES string of the molecule is CC(C)(C)c1ccc2oc(-c3ccc4c(c3)C(C)(C)c3cc5c(cc3-4)C(C)(C)c3cc4c(cc3-5)C(C)(C)c3cc(-c5ccc(C#N)cc5)ccc3-4)nc2c1. The van der Waals surface area contributed by atoms with E-state index in [1.807, 2.05) is 12.1 Å². The van der Waals surface area contributed by atoms with Crippen LogP contribution in [-0.2, 0) is 21.7 Å². The zero-order valence-electron chi connectivity index (χ0n) is 32.6. The van der Waals surface area contributed by atoms with Crippen molar-refractivity contribution in [2.75, 3.05) is 0 Å². The fourth-order valence-electron chi connectivity index (χ4n) is 9.75. The molecule has 3 aliphatic carbocycles. The molecule has 6 aromatic carbocycles. The van der Waals surface area contributed by atoms with Crippen molar-refractivity contribution in [3.8, 4) is 62.0 Å². The summed E-state index contributed by atoms with van der Waals surface area (Å²) in [5.41, 5.74) is 22.8. The largest absolute Gasteiger partial charge is 0.436 e. The summed E-state index contributed by atoms with van der Waals surface area (Å²) in [5.74, 6) is 0.671. The molecule has 10 rings (SSSR count). The van der Waals surface area contributed by atoms with Gasteiger partial charge in [-0.05, 0) is 156 Å². The molecule has 0 saturated carbocycles. The molecule has 3 nitrogen and oxygen atoms in total. The molecule has 3 aliphatic rings. The molecule has 54 heavy (non-hydrogen) atoms. The van der Waals surface area contributed by atoms with E-state index in [0.717, 1.165) is 22.2 Å². The second kappa shape index (κ2) is 10.5. The van der Waals surface area contributed by atoms with E-state index in [1.54, 1.807) is 0 Å². The maximum Gasteiger partial charge on any atom is 0.227 e. The van der Waals surface area contributed by atoms with Crippen LogP contribution in [0.4, 0.5) is 0 Å². The molecule has 0 spiro atoms. The Bertz CT molecular complexity index is 2830. The molecule has 0 bridgehead atoms. The number of benzene rings is 6. The molecule has 0 unspecified atom stereocenters. The number of nitriles is 1. The lowest BCUT2D eigenvalue weighted by Gasteiger charge is -2.25. The lowest BCUT2D eigenvalue weighted by atomic mass is 9.78. The van der Waals surface area contributed by atoms with Gasteiger partial charge in [-0.25, -0.2) is 4.98 Å². The molecule has 1 heterocycles. The lowest BCUT2D eigenvalue weighted by molar-refractivity contribution is 0.590. The van der Waals surface area contributed by atoms with Crippen LogP contribution in [0, 0.1) is 11.3 Å². The van der Waals surface area contributed by atoms with Crippen LogP contribution >= 0.6 is 0 Å². The fourth-order valence-corrected chi connectivity index (χ4v) is 9.75. The van der Waals surface area contributed by atoms with Crippen LogP contribution in [0.3, 0.4) is 0 Å². The summed E-state index contributed by atoms with van der Waals surface area (Å²) < 4.78 is 6.35. The molecule has 0 aliphatic heterocycles. The average molecular weight is 701 g/mol. The van der Waals surface area contributed by atoms with Crippen LogP contribution in [0.15, 0.2) is 108 Å². The molecule has 264 valence electrons. The molecule has 0 N–H and O–H groups in total. The van der Waals surface area contributed by atoms with Crippen molar-refractivity contribution >= 4 is 11.1 Å². The summed E-state index contributed by atoms with van der Waals surface area (Å²) in [7, 11) is 0. The van der Waals surface area contributed by atoms with Gasteiger partial charge in [0, 0.05) is 21.8 Å². The minimum Gasteiger partial charge on any atom is -0.436 e. The molecular weight excluding hydrogens is 657 g/mol. The molecule has 7 aromatic rings. The Kier molecular flexibility index (Phi) is 6.39. The number of oxazole rings is 1. The van der Waals surface area contributed by atoms with E-state index in [1.165, 1.54) is 77.9 Å². The first-order valence-electron chi connectivity index (χ1n) is 19.2. The number of hydrogen-bond acceptors (Lipinski definition) is 3. The first-order chi connectivity index (χ1) is 25.6.